The zero-order valence-corrected chi connectivity index (χ0v) is 23.5. The van der Waals surface area contributed by atoms with Crippen molar-refractivity contribution in [3.8, 4) is 6.07 Å². The van der Waals surface area contributed by atoms with E-state index >= 15 is 0 Å². The average Bonchev–Trinajstić information content (AvgIpc) is 3.23. The predicted octanol–water partition coefficient (Wildman–Crippen LogP) is 3.87. The lowest BCUT2D eigenvalue weighted by atomic mass is 9.73. The third-order valence-corrected chi connectivity index (χ3v) is 7.85. The molecule has 0 bridgehead atoms. The van der Waals surface area contributed by atoms with Crippen LogP contribution in [0.15, 0.2) is 54.7 Å². The molecule has 1 aliphatic heterocycles. The Balaban J connectivity index is 1.46. The predicted molar refractivity (Wildman–Crippen MR) is 149 cm³/mol. The first kappa shape index (κ1) is 28.3. The van der Waals surface area contributed by atoms with Crippen molar-refractivity contribution in [2.45, 2.75) is 46.2 Å². The Morgan fingerprint density at radius 2 is 1.85 bits per heavy atom. The summed E-state index contributed by atoms with van der Waals surface area (Å²) in [6.07, 6.45) is 4.78. The van der Waals surface area contributed by atoms with Gasteiger partial charge in [0.05, 0.1) is 35.6 Å². The minimum atomic E-state index is -3.40. The van der Waals surface area contributed by atoms with Gasteiger partial charge in [-0.05, 0) is 81.6 Å². The third kappa shape index (κ3) is 7.25. The zero-order chi connectivity index (χ0) is 28.0. The lowest BCUT2D eigenvalue weighted by Gasteiger charge is -2.40. The maximum Gasteiger partial charge on any atom is 0.312 e. The van der Waals surface area contributed by atoms with Crippen molar-refractivity contribution in [2.24, 2.45) is 5.41 Å². The molecule has 4 rings (SSSR count). The molecule has 0 saturated carbocycles. The standard InChI is InChI=1S/C29H35N5O4S/c1-4-38-28(35)29(17-25-6-5-7-26(16-25)32-39(3,36)37)12-14-33(15-13-29)21-27-19-31-22(2)34(27)20-24-10-8-23(18-30)9-11-24/h5-11,16,19,32H,4,12-15,17,20-21H2,1-3H3. The van der Waals surface area contributed by atoms with E-state index in [2.05, 4.69) is 25.2 Å². The van der Waals surface area contributed by atoms with Gasteiger partial charge in [0.15, 0.2) is 0 Å². The fraction of sp³-hybridized carbons (Fsp3) is 0.414. The first-order valence-corrected chi connectivity index (χ1v) is 15.0. The van der Waals surface area contributed by atoms with Crippen molar-refractivity contribution in [1.29, 1.82) is 5.26 Å². The van der Waals surface area contributed by atoms with Crippen LogP contribution in [-0.2, 0) is 39.1 Å². The summed E-state index contributed by atoms with van der Waals surface area (Å²) in [6.45, 7) is 6.95. The number of sulfonamides is 1. The third-order valence-electron chi connectivity index (χ3n) is 7.24. The number of hydrogen-bond donors (Lipinski definition) is 1. The summed E-state index contributed by atoms with van der Waals surface area (Å²) in [4.78, 5) is 20.1. The summed E-state index contributed by atoms with van der Waals surface area (Å²) < 4.78 is 33.6. The minimum absolute atomic E-state index is 0.201. The van der Waals surface area contributed by atoms with Gasteiger partial charge in [-0.3, -0.25) is 14.4 Å². The van der Waals surface area contributed by atoms with E-state index in [9.17, 15) is 13.2 Å². The molecule has 10 heteroatoms. The number of likely N-dealkylation sites (tertiary alicyclic amines) is 1. The molecular formula is C29H35N5O4S. The lowest BCUT2D eigenvalue weighted by Crippen LogP contribution is -2.46. The molecule has 3 aromatic rings. The number of aromatic nitrogens is 2. The summed E-state index contributed by atoms with van der Waals surface area (Å²) in [5, 5.41) is 9.07. The number of nitrogens with zero attached hydrogens (tertiary/aromatic N) is 4. The highest BCUT2D eigenvalue weighted by Crippen LogP contribution is 2.37. The van der Waals surface area contributed by atoms with Gasteiger partial charge in [0.25, 0.3) is 0 Å². The van der Waals surface area contributed by atoms with Gasteiger partial charge in [0.1, 0.15) is 5.82 Å². The molecule has 206 valence electrons. The van der Waals surface area contributed by atoms with E-state index in [1.165, 1.54) is 0 Å². The number of ether oxygens (including phenoxy) is 1. The van der Waals surface area contributed by atoms with Gasteiger partial charge in [0.2, 0.25) is 10.0 Å². The molecule has 0 atom stereocenters. The van der Waals surface area contributed by atoms with Crippen molar-refractivity contribution in [3.63, 3.8) is 0 Å². The second-order valence-corrected chi connectivity index (χ2v) is 12.0. The highest BCUT2D eigenvalue weighted by molar-refractivity contribution is 7.92. The molecular weight excluding hydrogens is 514 g/mol. The molecule has 1 aliphatic rings. The largest absolute Gasteiger partial charge is 0.466 e. The summed E-state index contributed by atoms with van der Waals surface area (Å²) in [6, 6.07) is 17.0. The Morgan fingerprint density at radius 1 is 1.13 bits per heavy atom. The molecule has 0 amide bonds. The van der Waals surface area contributed by atoms with Crippen LogP contribution in [0.5, 0.6) is 0 Å². The number of anilines is 1. The Kier molecular flexibility index (Phi) is 8.73. The van der Waals surface area contributed by atoms with Gasteiger partial charge in [0, 0.05) is 25.0 Å². The molecule has 1 fully saturated rings. The molecule has 0 spiro atoms. The second kappa shape index (κ2) is 12.0. The van der Waals surface area contributed by atoms with E-state index in [-0.39, 0.29) is 5.97 Å². The zero-order valence-electron chi connectivity index (χ0n) is 22.7. The number of aryl methyl sites for hydroxylation is 1. The van der Waals surface area contributed by atoms with Gasteiger partial charge in [-0.25, -0.2) is 13.4 Å². The van der Waals surface area contributed by atoms with E-state index in [1.54, 1.807) is 18.2 Å². The van der Waals surface area contributed by atoms with Crippen molar-refractivity contribution in [2.75, 3.05) is 30.7 Å². The maximum atomic E-state index is 13.2. The van der Waals surface area contributed by atoms with Crippen LogP contribution in [0.3, 0.4) is 0 Å². The number of piperidine rings is 1. The fourth-order valence-electron chi connectivity index (χ4n) is 5.18. The molecule has 9 nitrogen and oxygen atoms in total. The number of imidazole rings is 1. The van der Waals surface area contributed by atoms with Gasteiger partial charge >= 0.3 is 5.97 Å². The van der Waals surface area contributed by atoms with Crippen LogP contribution in [0, 0.1) is 23.7 Å². The molecule has 0 radical (unpaired) electrons. The van der Waals surface area contributed by atoms with E-state index in [0.717, 1.165) is 42.0 Å². The van der Waals surface area contributed by atoms with Crippen molar-refractivity contribution in [1.82, 2.24) is 14.5 Å². The highest BCUT2D eigenvalue weighted by atomic mass is 32.2. The number of carbonyl (C=O) groups excluding carboxylic acids is 1. The first-order chi connectivity index (χ1) is 18.6. The number of nitriles is 1. The summed E-state index contributed by atoms with van der Waals surface area (Å²) in [5.41, 5.74) is 3.54. The van der Waals surface area contributed by atoms with Crippen molar-refractivity contribution in [3.05, 3.63) is 82.9 Å². The van der Waals surface area contributed by atoms with Crippen LogP contribution in [0.1, 0.15) is 48.0 Å². The molecule has 1 saturated heterocycles. The van der Waals surface area contributed by atoms with Gasteiger partial charge < -0.3 is 9.30 Å². The molecule has 0 aliphatic carbocycles. The Labute approximate surface area is 230 Å². The molecule has 1 aromatic heterocycles. The van der Waals surface area contributed by atoms with Gasteiger partial charge in [-0.1, -0.05) is 24.3 Å². The van der Waals surface area contributed by atoms with Crippen LogP contribution in [0.25, 0.3) is 0 Å². The monoisotopic (exact) mass is 549 g/mol. The fourth-order valence-corrected chi connectivity index (χ4v) is 5.73. The quantitative estimate of drug-likeness (QED) is 0.382. The average molecular weight is 550 g/mol. The minimum Gasteiger partial charge on any atom is -0.466 e. The van der Waals surface area contributed by atoms with Crippen LogP contribution in [0.2, 0.25) is 0 Å². The van der Waals surface area contributed by atoms with Crippen LogP contribution in [0.4, 0.5) is 5.69 Å². The molecule has 2 heterocycles. The SMILES string of the molecule is CCOC(=O)C1(Cc2cccc(NS(C)(=O)=O)c2)CCN(Cc2cnc(C)n2Cc2ccc(C#N)cc2)CC1. The van der Waals surface area contributed by atoms with Crippen LogP contribution in [-0.4, -0.2) is 54.8 Å². The van der Waals surface area contributed by atoms with E-state index in [0.29, 0.717) is 50.2 Å². The van der Waals surface area contributed by atoms with Crippen LogP contribution >= 0.6 is 0 Å². The maximum absolute atomic E-state index is 13.2. The lowest BCUT2D eigenvalue weighted by molar-refractivity contribution is -0.158. The van der Waals surface area contributed by atoms with E-state index in [1.807, 2.05) is 50.4 Å². The molecule has 1 N–H and O–H groups in total. The number of rotatable bonds is 10. The highest BCUT2D eigenvalue weighted by Gasteiger charge is 2.43. The topological polar surface area (TPSA) is 117 Å². The Bertz CT molecular complexity index is 1450. The summed E-state index contributed by atoms with van der Waals surface area (Å²) in [7, 11) is -3.40. The number of benzene rings is 2. The number of carbonyl (C=O) groups is 1. The molecule has 0 unspecified atom stereocenters. The normalized spacial score (nSPS) is 15.4. The van der Waals surface area contributed by atoms with Gasteiger partial charge in [-0.15, -0.1) is 0 Å². The smallest absolute Gasteiger partial charge is 0.312 e. The molecule has 39 heavy (non-hydrogen) atoms. The van der Waals surface area contributed by atoms with Crippen molar-refractivity contribution < 1.29 is 17.9 Å². The Hall–Kier alpha value is -3.68. The second-order valence-electron chi connectivity index (χ2n) is 10.2. The number of nitrogens with one attached hydrogen (secondary N) is 1. The Morgan fingerprint density at radius 3 is 2.49 bits per heavy atom. The first-order valence-electron chi connectivity index (χ1n) is 13.1. The number of esters is 1. The summed E-state index contributed by atoms with van der Waals surface area (Å²) >= 11 is 0. The van der Waals surface area contributed by atoms with E-state index < -0.39 is 15.4 Å². The van der Waals surface area contributed by atoms with Crippen molar-refractivity contribution >= 4 is 21.7 Å². The van der Waals surface area contributed by atoms with E-state index in [4.69, 9.17) is 10.00 Å². The van der Waals surface area contributed by atoms with Crippen LogP contribution < -0.4 is 4.72 Å². The number of hydrogen-bond acceptors (Lipinski definition) is 7. The molecule has 2 aromatic carbocycles. The summed E-state index contributed by atoms with van der Waals surface area (Å²) in [5.74, 6) is 0.725. The van der Waals surface area contributed by atoms with Gasteiger partial charge in [-0.2, -0.15) is 5.26 Å².